The van der Waals surface area contributed by atoms with E-state index in [1.54, 1.807) is 35.7 Å². The Bertz CT molecular complexity index is 1860. The summed E-state index contributed by atoms with van der Waals surface area (Å²) < 4.78 is 210. The van der Waals surface area contributed by atoms with E-state index in [0.29, 0.717) is 26.4 Å². The van der Waals surface area contributed by atoms with E-state index in [-0.39, 0.29) is 70.5 Å². The van der Waals surface area contributed by atoms with E-state index in [1.165, 1.54) is 0 Å². The van der Waals surface area contributed by atoms with Gasteiger partial charge in [0.15, 0.2) is 20.0 Å². The fourth-order valence-electron chi connectivity index (χ4n) is 2.74. The van der Waals surface area contributed by atoms with E-state index >= 15 is 0 Å². The molecule has 0 saturated heterocycles. The van der Waals surface area contributed by atoms with E-state index in [4.69, 9.17) is 59.1 Å². The van der Waals surface area contributed by atoms with Crippen LogP contribution in [0.2, 0.25) is 0 Å². The van der Waals surface area contributed by atoms with Crippen molar-refractivity contribution in [2.24, 2.45) is 0 Å². The minimum Gasteiger partial charge on any atom is -1.00 e. The van der Waals surface area contributed by atoms with E-state index in [0.717, 1.165) is 4.13 Å². The molecule has 3 unspecified atom stereocenters. The monoisotopic (exact) mass is 1170 g/mol. The summed E-state index contributed by atoms with van der Waals surface area (Å²) in [5, 5.41) is 51.7. The predicted molar refractivity (Wildman–Crippen MR) is 219 cm³/mol. The molecule has 0 radical (unpaired) electrons. The van der Waals surface area contributed by atoms with Gasteiger partial charge in [0.25, 0.3) is 0 Å². The first-order chi connectivity index (χ1) is 29.8. The van der Waals surface area contributed by atoms with E-state index in [9.17, 15) is 69.5 Å². The summed E-state index contributed by atoms with van der Waals surface area (Å²) in [6, 6.07) is 0. The normalized spacial score (nSPS) is 14.2. The molecule has 1 aromatic rings. The van der Waals surface area contributed by atoms with Crippen LogP contribution in [0.5, 0.6) is 0 Å². The van der Waals surface area contributed by atoms with Gasteiger partial charge in [-0.1, -0.05) is 27.2 Å². The maximum absolute atomic E-state index is 11.4. The van der Waals surface area contributed by atoms with E-state index < -0.39 is 81.8 Å². The molecule has 41 heteroatoms. The number of hydrogen-bond donors (Lipinski definition) is 7. The summed E-state index contributed by atoms with van der Waals surface area (Å²) in [6.07, 6.45) is 15.7. The van der Waals surface area contributed by atoms with Crippen LogP contribution in [-0.2, 0) is 58.3 Å². The summed E-state index contributed by atoms with van der Waals surface area (Å²) in [5.41, 5.74) is -22.6. The van der Waals surface area contributed by atoms with Gasteiger partial charge in [-0.15, -0.1) is 11.6 Å². The van der Waals surface area contributed by atoms with Crippen molar-refractivity contribution in [3.63, 3.8) is 0 Å². The first kappa shape index (κ1) is 83.8. The zero-order chi connectivity index (χ0) is 52.9. The SMILES string of the molecule is C.C=CN1C=CN(CC(O)CO)C1.C=CN1C=CN(CC(O)CO)C1.C=Cn1ccnc1.N.O=S(=O)([N-]S(=O)(=O)C(F)(F)F)C(F)(F)F.O=[S-](=O)C(F)(F)F.O=[S-](=O)C(F)(F)F.OCC(O)CCl.[Cl-].[Li+]. The number of aromatic nitrogens is 2. The van der Waals surface area contributed by atoms with Crippen LogP contribution in [0.1, 0.15) is 7.43 Å². The van der Waals surface area contributed by atoms with Crippen LogP contribution in [0.15, 0.2) is 75.7 Å². The summed E-state index contributed by atoms with van der Waals surface area (Å²) in [4.78, 5) is 11.4. The Hall–Kier alpha value is -3.07. The van der Waals surface area contributed by atoms with Gasteiger partial charge in [0.05, 0.1) is 63.7 Å². The minimum absolute atomic E-state index is 0. The fourth-order valence-corrected chi connectivity index (χ4v) is 4.55. The van der Waals surface area contributed by atoms with Crippen LogP contribution in [0.4, 0.5) is 52.7 Å². The molecule has 0 aliphatic carbocycles. The molecule has 1 aromatic heterocycles. The average molecular weight is 1170 g/mol. The molecule has 0 fully saturated rings. The maximum Gasteiger partial charge on any atom is 1.00 e. The standard InChI is InChI=1S/2C8H14N2O2.C5H6N2.C3H7ClO2.C2F6NO4S2.2CF3O2S.CH4.ClH.Li.H3N/c2*1-2-9-3-4-10(7-9)5-8(12)6-11;1-2-7-4-3-6-5-7;4-1-3(6)2-5;3-1(4,5)14(10,11)9-15(12,13)2(6,7)8;2*2-1(3,4)7(5)6;;;;/h2*2-4,8,11-12H,1,5-7H2;2-5H,1H2;3,5-6H,1-2H2;;;;1H4;1H;;1H3/q;;;;3*-1;;;+1;/p-1. The largest absolute Gasteiger partial charge is 1.00 e. The summed E-state index contributed by atoms with van der Waals surface area (Å²) >= 11 is 5.04. The quantitative estimate of drug-likeness (QED) is 0.0451. The average Bonchev–Trinajstić information content (AvgIpc) is 4.00. The van der Waals surface area contributed by atoms with Crippen molar-refractivity contribution in [3.8, 4) is 0 Å². The Morgan fingerprint density at radius 1 is 0.657 bits per heavy atom. The Labute approximate surface area is 420 Å². The molecule has 70 heavy (non-hydrogen) atoms. The molecule has 0 saturated carbocycles. The number of aliphatic hydroxyl groups excluding tert-OH is 6. The Kier molecular flexibility index (Phi) is 48.4. The van der Waals surface area contributed by atoms with Crippen LogP contribution >= 0.6 is 11.6 Å². The number of rotatable bonds is 13. The summed E-state index contributed by atoms with van der Waals surface area (Å²) in [5.74, 6) is 0.108. The second kappa shape index (κ2) is 40.4. The second-order valence-corrected chi connectivity index (χ2v) is 16.5. The predicted octanol–water partition coefficient (Wildman–Crippen LogP) is -2.88. The number of sulfonamides is 2. The van der Waals surface area contributed by atoms with Gasteiger partial charge in [-0.3, -0.25) is 0 Å². The van der Waals surface area contributed by atoms with Crippen LogP contribution < -0.4 is 37.4 Å². The van der Waals surface area contributed by atoms with Crippen LogP contribution in [0.25, 0.3) is 10.3 Å². The van der Waals surface area contributed by atoms with Crippen molar-refractivity contribution < 1.29 is 148 Å². The molecule has 3 atom stereocenters. The number of hydrogen-bond acceptors (Lipinski definition) is 22. The van der Waals surface area contributed by atoms with Crippen LogP contribution in [-0.4, -0.2) is 169 Å². The van der Waals surface area contributed by atoms with Gasteiger partial charge in [-0.2, -0.15) is 52.7 Å². The van der Waals surface area contributed by atoms with E-state index in [2.05, 4.69) is 24.7 Å². The Balaban J connectivity index is -0.000000108. The molecule has 22 nitrogen and oxygen atoms in total. The van der Waals surface area contributed by atoms with E-state index in [1.807, 2.05) is 50.6 Å². The first-order valence-corrected chi connectivity index (χ1v) is 21.7. The molecule has 0 spiro atoms. The first-order valence-electron chi connectivity index (χ1n) is 16.2. The molecule has 0 aromatic carbocycles. The fraction of sp³-hybridized carbons (Fsp3) is 0.552. The molecule has 0 amide bonds. The molecular formula is C29H48Cl2F12LiN8O14S4-3. The number of β-amino-alcohol motifs (C(OH)–C–C–N with tert-alkyl or cyclic N) is 2. The van der Waals surface area contributed by atoms with Gasteiger partial charge >= 0.3 is 40.9 Å². The van der Waals surface area contributed by atoms with Gasteiger partial charge in [0.2, 0.25) is 0 Å². The third-order valence-corrected chi connectivity index (χ3v) is 9.54. The number of nitrogens with zero attached hydrogens (tertiary/aromatic N) is 7. The Morgan fingerprint density at radius 3 is 1.10 bits per heavy atom. The van der Waals surface area contributed by atoms with Crippen molar-refractivity contribution in [1.29, 1.82) is 0 Å². The number of aliphatic hydroxyl groups is 6. The number of alkyl halides is 13. The van der Waals surface area contributed by atoms with Crippen molar-refractivity contribution in [2.45, 2.75) is 47.8 Å². The minimum atomic E-state index is -6.72. The van der Waals surface area contributed by atoms with Crippen molar-refractivity contribution >= 4 is 59.3 Å². The second-order valence-electron chi connectivity index (χ2n) is 10.9. The molecule has 414 valence electrons. The van der Waals surface area contributed by atoms with Gasteiger partial charge < -0.3 is 94.3 Å². The van der Waals surface area contributed by atoms with Crippen molar-refractivity contribution in [2.75, 3.05) is 52.1 Å². The zero-order valence-corrected chi connectivity index (χ0v) is 39.8. The summed E-state index contributed by atoms with van der Waals surface area (Å²) in [6.45, 7) is 12.4. The maximum atomic E-state index is 11.4. The van der Waals surface area contributed by atoms with Crippen molar-refractivity contribution in [1.82, 2.24) is 35.3 Å². The molecule has 2 aliphatic rings. The molecule has 9 N–H and O–H groups in total. The van der Waals surface area contributed by atoms with Crippen molar-refractivity contribution in [3.05, 3.63) is 79.8 Å². The third-order valence-electron chi connectivity index (χ3n) is 5.69. The topological polar surface area (TPSA) is 338 Å². The smallest absolute Gasteiger partial charge is 1.00 e. The Morgan fingerprint density at radius 2 is 0.957 bits per heavy atom. The van der Waals surface area contributed by atoms with Gasteiger partial charge in [-0.05, 0) is 12.4 Å². The molecular weight excluding hydrogens is 1120 g/mol. The third kappa shape index (κ3) is 41.5. The van der Waals surface area contributed by atoms with Gasteiger partial charge in [-0.25, -0.2) is 21.8 Å². The van der Waals surface area contributed by atoms with Crippen LogP contribution in [0, 0.1) is 0 Å². The molecule has 3 rings (SSSR count). The number of halogens is 14. The molecule has 0 bridgehead atoms. The van der Waals surface area contributed by atoms with Crippen LogP contribution in [0.3, 0.4) is 0 Å². The van der Waals surface area contributed by atoms with Gasteiger partial charge in [0, 0.05) is 77.9 Å². The molecule has 3 heterocycles. The molecule has 2 aliphatic heterocycles. The van der Waals surface area contributed by atoms with Gasteiger partial charge in [0.1, 0.15) is 0 Å². The zero-order valence-electron chi connectivity index (χ0n) is 35.0. The number of imidazole rings is 1. The summed E-state index contributed by atoms with van der Waals surface area (Å²) in [7, 11) is -21.3.